The summed E-state index contributed by atoms with van der Waals surface area (Å²) in [6.07, 6.45) is 2.62. The van der Waals surface area contributed by atoms with Crippen LogP contribution in [0.4, 0.5) is 5.13 Å². The van der Waals surface area contributed by atoms with E-state index in [2.05, 4.69) is 14.7 Å². The average molecular weight is 289 g/mol. The van der Waals surface area contributed by atoms with Crippen LogP contribution in [0.2, 0.25) is 0 Å². The molecule has 1 heterocycles. The van der Waals surface area contributed by atoms with Crippen LogP contribution in [-0.2, 0) is 6.42 Å². The summed E-state index contributed by atoms with van der Waals surface area (Å²) in [7, 11) is 0. The van der Waals surface area contributed by atoms with Gasteiger partial charge in [0.05, 0.1) is 12.1 Å². The number of nitrogens with zero attached hydrogens (tertiary/aromatic N) is 2. The van der Waals surface area contributed by atoms with Crippen molar-refractivity contribution in [3.8, 4) is 0 Å². The Bertz CT molecular complexity index is 553. The summed E-state index contributed by atoms with van der Waals surface area (Å²) in [5, 5.41) is 14.3. The molecule has 106 valence electrons. The van der Waals surface area contributed by atoms with Gasteiger partial charge >= 0.3 is 0 Å². The maximum absolute atomic E-state index is 10.3. The summed E-state index contributed by atoms with van der Waals surface area (Å²) < 4.78 is 4.36. The second-order valence-corrected chi connectivity index (χ2v) is 6.17. The molecule has 3 rings (SSSR count). The monoisotopic (exact) mass is 289 g/mol. The Kier molecular flexibility index (Phi) is 3.98. The standard InChI is InChI=1S/C15H19N3OS/c1-10(13(19)9-11-5-3-2-4-6-11)16-15-17-14(18-20-15)12-7-8-12/h2-6,10,12-13,19H,7-9H2,1H3,(H,16,17,18). The zero-order chi connectivity index (χ0) is 13.9. The molecule has 4 nitrogen and oxygen atoms in total. The first-order valence-electron chi connectivity index (χ1n) is 7.04. The molecule has 1 aromatic carbocycles. The molecule has 1 saturated carbocycles. The Morgan fingerprint density at radius 1 is 1.35 bits per heavy atom. The molecule has 0 saturated heterocycles. The summed E-state index contributed by atoms with van der Waals surface area (Å²) in [6.45, 7) is 1.98. The number of rotatable bonds is 6. The van der Waals surface area contributed by atoms with Gasteiger partial charge in [-0.25, -0.2) is 4.98 Å². The van der Waals surface area contributed by atoms with Crippen LogP contribution in [0.3, 0.4) is 0 Å². The predicted molar refractivity (Wildman–Crippen MR) is 81.1 cm³/mol. The molecule has 0 spiro atoms. The highest BCUT2D eigenvalue weighted by Gasteiger charge is 2.28. The SMILES string of the molecule is CC(Nc1nc(C2CC2)ns1)C(O)Cc1ccccc1. The van der Waals surface area contributed by atoms with E-state index in [9.17, 15) is 5.11 Å². The maximum Gasteiger partial charge on any atom is 0.202 e. The predicted octanol–water partition coefficient (Wildman–Crippen LogP) is 2.82. The molecule has 2 aromatic rings. The molecule has 20 heavy (non-hydrogen) atoms. The van der Waals surface area contributed by atoms with Crippen LogP contribution in [0.1, 0.15) is 37.1 Å². The fourth-order valence-corrected chi connectivity index (χ4v) is 2.87. The first kappa shape index (κ1) is 13.5. The Morgan fingerprint density at radius 2 is 2.10 bits per heavy atom. The van der Waals surface area contributed by atoms with E-state index in [-0.39, 0.29) is 6.04 Å². The minimum atomic E-state index is -0.439. The lowest BCUT2D eigenvalue weighted by molar-refractivity contribution is 0.158. The van der Waals surface area contributed by atoms with Crippen molar-refractivity contribution in [3.63, 3.8) is 0 Å². The normalized spacial score (nSPS) is 17.7. The van der Waals surface area contributed by atoms with E-state index < -0.39 is 6.10 Å². The highest BCUT2D eigenvalue weighted by atomic mass is 32.1. The molecule has 0 radical (unpaired) electrons. The number of aromatic nitrogens is 2. The van der Waals surface area contributed by atoms with Gasteiger partial charge in [-0.1, -0.05) is 30.3 Å². The number of hydrogen-bond donors (Lipinski definition) is 2. The third kappa shape index (κ3) is 3.35. The highest BCUT2D eigenvalue weighted by Crippen LogP contribution is 2.39. The summed E-state index contributed by atoms with van der Waals surface area (Å²) >= 11 is 1.39. The van der Waals surface area contributed by atoms with Crippen molar-refractivity contribution in [3.05, 3.63) is 41.7 Å². The van der Waals surface area contributed by atoms with E-state index in [0.717, 1.165) is 16.5 Å². The summed E-state index contributed by atoms with van der Waals surface area (Å²) in [4.78, 5) is 4.49. The van der Waals surface area contributed by atoms with Gasteiger partial charge < -0.3 is 10.4 Å². The van der Waals surface area contributed by atoms with Gasteiger partial charge in [0.15, 0.2) is 0 Å². The molecule has 1 fully saturated rings. The Hall–Kier alpha value is -1.46. The van der Waals surface area contributed by atoms with Crippen molar-refractivity contribution < 1.29 is 5.11 Å². The summed E-state index contributed by atoms with van der Waals surface area (Å²) in [5.74, 6) is 1.54. The van der Waals surface area contributed by atoms with Crippen molar-refractivity contribution in [2.45, 2.75) is 44.2 Å². The highest BCUT2D eigenvalue weighted by molar-refractivity contribution is 7.09. The lowest BCUT2D eigenvalue weighted by atomic mass is 10.0. The van der Waals surface area contributed by atoms with Gasteiger partial charge in [0.1, 0.15) is 5.82 Å². The molecule has 2 atom stereocenters. The minimum absolute atomic E-state index is 0.0461. The van der Waals surface area contributed by atoms with Gasteiger partial charge in [0, 0.05) is 23.9 Å². The second kappa shape index (κ2) is 5.89. The zero-order valence-corrected chi connectivity index (χ0v) is 12.3. The van der Waals surface area contributed by atoms with Crippen LogP contribution in [0.15, 0.2) is 30.3 Å². The van der Waals surface area contributed by atoms with E-state index in [0.29, 0.717) is 12.3 Å². The van der Waals surface area contributed by atoms with Crippen molar-refractivity contribution in [2.24, 2.45) is 0 Å². The van der Waals surface area contributed by atoms with E-state index >= 15 is 0 Å². The molecular weight excluding hydrogens is 270 g/mol. The molecule has 1 aliphatic carbocycles. The van der Waals surface area contributed by atoms with Crippen LogP contribution in [-0.4, -0.2) is 26.6 Å². The van der Waals surface area contributed by atoms with Crippen molar-refractivity contribution in [1.82, 2.24) is 9.36 Å². The zero-order valence-electron chi connectivity index (χ0n) is 11.5. The van der Waals surface area contributed by atoms with E-state index in [1.54, 1.807) is 0 Å². The molecule has 2 unspecified atom stereocenters. The van der Waals surface area contributed by atoms with Gasteiger partial charge in [-0.05, 0) is 25.3 Å². The van der Waals surface area contributed by atoms with Crippen LogP contribution in [0.25, 0.3) is 0 Å². The smallest absolute Gasteiger partial charge is 0.202 e. The quantitative estimate of drug-likeness (QED) is 0.858. The van der Waals surface area contributed by atoms with E-state index in [1.165, 1.54) is 24.4 Å². The van der Waals surface area contributed by atoms with Crippen LogP contribution in [0, 0.1) is 0 Å². The van der Waals surface area contributed by atoms with Crippen molar-refractivity contribution >= 4 is 16.7 Å². The molecule has 5 heteroatoms. The van der Waals surface area contributed by atoms with Gasteiger partial charge in [-0.15, -0.1) is 0 Å². The molecule has 0 bridgehead atoms. The lowest BCUT2D eigenvalue weighted by Crippen LogP contribution is -2.32. The average Bonchev–Trinajstić information content (AvgIpc) is 3.20. The number of aliphatic hydroxyl groups excluding tert-OH is 1. The second-order valence-electron chi connectivity index (χ2n) is 5.42. The fourth-order valence-electron chi connectivity index (χ4n) is 2.12. The summed E-state index contributed by atoms with van der Waals surface area (Å²) in [5.41, 5.74) is 1.14. The maximum atomic E-state index is 10.3. The molecule has 1 aliphatic rings. The first-order valence-corrected chi connectivity index (χ1v) is 7.82. The number of anilines is 1. The minimum Gasteiger partial charge on any atom is -0.391 e. The van der Waals surface area contributed by atoms with E-state index in [4.69, 9.17) is 0 Å². The van der Waals surface area contributed by atoms with Crippen molar-refractivity contribution in [1.29, 1.82) is 0 Å². The largest absolute Gasteiger partial charge is 0.391 e. The molecule has 2 N–H and O–H groups in total. The fraction of sp³-hybridized carbons (Fsp3) is 0.467. The number of benzene rings is 1. The molecule has 0 aliphatic heterocycles. The Balaban J connectivity index is 1.55. The van der Waals surface area contributed by atoms with Crippen LogP contribution in [0.5, 0.6) is 0 Å². The Morgan fingerprint density at radius 3 is 2.80 bits per heavy atom. The number of hydrogen-bond acceptors (Lipinski definition) is 5. The Labute approximate surface area is 123 Å². The first-order chi connectivity index (χ1) is 9.72. The number of aliphatic hydroxyl groups is 1. The van der Waals surface area contributed by atoms with E-state index in [1.807, 2.05) is 37.3 Å². The molecular formula is C15H19N3OS. The van der Waals surface area contributed by atoms with Crippen molar-refractivity contribution in [2.75, 3.05) is 5.32 Å². The van der Waals surface area contributed by atoms with Gasteiger partial charge in [0.2, 0.25) is 5.13 Å². The molecule has 1 aromatic heterocycles. The summed E-state index contributed by atoms with van der Waals surface area (Å²) in [6, 6.07) is 9.99. The third-order valence-electron chi connectivity index (χ3n) is 3.60. The van der Waals surface area contributed by atoms with Crippen LogP contribution >= 0.6 is 11.5 Å². The topological polar surface area (TPSA) is 58.0 Å². The van der Waals surface area contributed by atoms with Gasteiger partial charge in [-0.3, -0.25) is 0 Å². The van der Waals surface area contributed by atoms with Gasteiger partial charge in [-0.2, -0.15) is 4.37 Å². The number of nitrogens with one attached hydrogen (secondary N) is 1. The lowest BCUT2D eigenvalue weighted by Gasteiger charge is -2.19. The third-order valence-corrected chi connectivity index (χ3v) is 4.26. The van der Waals surface area contributed by atoms with Gasteiger partial charge in [0.25, 0.3) is 0 Å². The van der Waals surface area contributed by atoms with Crippen LogP contribution < -0.4 is 5.32 Å². The molecule has 0 amide bonds.